The number of hydrogen-bond donors (Lipinski definition) is 1. The van der Waals surface area contributed by atoms with Crippen LogP contribution in [0.15, 0.2) is 24.3 Å². The second-order valence-electron chi connectivity index (χ2n) is 3.64. The van der Waals surface area contributed by atoms with Gasteiger partial charge in [-0.1, -0.05) is 30.2 Å². The van der Waals surface area contributed by atoms with Gasteiger partial charge in [0.15, 0.2) is 0 Å². The summed E-state index contributed by atoms with van der Waals surface area (Å²) >= 11 is 0. The highest BCUT2D eigenvalue weighted by Crippen LogP contribution is 2.23. The molecular formula is C13H14O. The molecule has 0 heterocycles. The first-order valence-electron chi connectivity index (χ1n) is 5.09. The summed E-state index contributed by atoms with van der Waals surface area (Å²) in [5, 5.41) is 9.94. The fourth-order valence-corrected chi connectivity index (χ4v) is 1.81. The summed E-state index contributed by atoms with van der Waals surface area (Å²) in [6, 6.07) is 8.05. The number of aliphatic hydroxyl groups excluding tert-OH is 1. The lowest BCUT2D eigenvalue weighted by Crippen LogP contribution is -2.00. The van der Waals surface area contributed by atoms with Gasteiger partial charge in [-0.15, -0.1) is 5.92 Å². The van der Waals surface area contributed by atoms with Gasteiger partial charge in [0.2, 0.25) is 0 Å². The second kappa shape index (κ2) is 4.30. The lowest BCUT2D eigenvalue weighted by Gasteiger charge is -2.12. The van der Waals surface area contributed by atoms with E-state index >= 15 is 0 Å². The molecule has 1 aliphatic carbocycles. The van der Waals surface area contributed by atoms with Gasteiger partial charge in [0, 0.05) is 12.8 Å². The highest BCUT2D eigenvalue weighted by atomic mass is 16.3. The van der Waals surface area contributed by atoms with Gasteiger partial charge in [0.1, 0.15) is 0 Å². The molecular weight excluding hydrogens is 172 g/mol. The average molecular weight is 186 g/mol. The van der Waals surface area contributed by atoms with Crippen molar-refractivity contribution < 1.29 is 5.11 Å². The third kappa shape index (κ3) is 1.97. The van der Waals surface area contributed by atoms with Crippen molar-refractivity contribution in [2.75, 3.05) is 0 Å². The molecule has 0 saturated heterocycles. The molecule has 1 aromatic rings. The Hall–Kier alpha value is -1.26. The first kappa shape index (κ1) is 9.30. The van der Waals surface area contributed by atoms with E-state index in [4.69, 9.17) is 0 Å². The molecule has 0 aromatic heterocycles. The van der Waals surface area contributed by atoms with Gasteiger partial charge in [0.05, 0.1) is 6.10 Å². The van der Waals surface area contributed by atoms with Crippen LogP contribution in [0.1, 0.15) is 36.5 Å². The molecule has 1 nitrogen and oxygen atoms in total. The van der Waals surface area contributed by atoms with Crippen molar-refractivity contribution in [3.05, 3.63) is 35.4 Å². The molecule has 0 radical (unpaired) electrons. The van der Waals surface area contributed by atoms with Crippen LogP contribution in [0.25, 0.3) is 0 Å². The number of aliphatic hydroxyl groups is 1. The first-order valence-corrected chi connectivity index (χ1v) is 5.09. The molecule has 14 heavy (non-hydrogen) atoms. The van der Waals surface area contributed by atoms with Crippen molar-refractivity contribution in [2.24, 2.45) is 0 Å². The highest BCUT2D eigenvalue weighted by Gasteiger charge is 2.11. The molecule has 0 bridgehead atoms. The van der Waals surface area contributed by atoms with Crippen LogP contribution >= 0.6 is 0 Å². The molecule has 0 fully saturated rings. The van der Waals surface area contributed by atoms with Crippen molar-refractivity contribution in [1.82, 2.24) is 0 Å². The third-order valence-corrected chi connectivity index (χ3v) is 2.60. The summed E-state index contributed by atoms with van der Waals surface area (Å²) in [4.78, 5) is 0. The molecule has 0 saturated carbocycles. The lowest BCUT2D eigenvalue weighted by molar-refractivity contribution is 0.164. The van der Waals surface area contributed by atoms with Gasteiger partial charge in [-0.3, -0.25) is 0 Å². The minimum absolute atomic E-state index is 0.312. The van der Waals surface area contributed by atoms with Gasteiger partial charge < -0.3 is 5.11 Å². The topological polar surface area (TPSA) is 20.2 Å². The minimum atomic E-state index is -0.312. The number of hydrogen-bond acceptors (Lipinski definition) is 1. The van der Waals surface area contributed by atoms with Crippen molar-refractivity contribution >= 4 is 0 Å². The van der Waals surface area contributed by atoms with Gasteiger partial charge in [0.25, 0.3) is 0 Å². The van der Waals surface area contributed by atoms with E-state index in [1.165, 1.54) is 5.56 Å². The monoisotopic (exact) mass is 186 g/mol. The van der Waals surface area contributed by atoms with Crippen molar-refractivity contribution in [2.45, 2.75) is 31.8 Å². The maximum absolute atomic E-state index is 9.94. The molecule has 1 heteroatoms. The molecule has 0 amide bonds. The zero-order valence-corrected chi connectivity index (χ0v) is 8.16. The Morgan fingerprint density at radius 1 is 1.21 bits per heavy atom. The van der Waals surface area contributed by atoms with E-state index in [-0.39, 0.29) is 6.10 Å². The minimum Gasteiger partial charge on any atom is -0.388 e. The molecule has 0 aliphatic heterocycles. The van der Waals surface area contributed by atoms with E-state index in [1.54, 1.807) is 0 Å². The molecule has 72 valence electrons. The molecule has 1 N–H and O–H groups in total. The maximum Gasteiger partial charge on any atom is 0.0793 e. The second-order valence-corrected chi connectivity index (χ2v) is 3.64. The van der Waals surface area contributed by atoms with Gasteiger partial charge in [-0.25, -0.2) is 0 Å². The largest absolute Gasteiger partial charge is 0.388 e. The molecule has 0 spiro atoms. The Bertz CT molecular complexity index is 370. The molecule has 1 aromatic carbocycles. The Morgan fingerprint density at radius 3 is 3.00 bits per heavy atom. The quantitative estimate of drug-likeness (QED) is 0.617. The summed E-state index contributed by atoms with van der Waals surface area (Å²) in [6.45, 7) is 0. The Kier molecular flexibility index (Phi) is 2.86. The van der Waals surface area contributed by atoms with Crippen molar-refractivity contribution in [1.29, 1.82) is 0 Å². The average Bonchev–Trinajstić information content (AvgIpc) is 2.30. The fourth-order valence-electron chi connectivity index (χ4n) is 1.81. The number of fused-ring (bicyclic) bond motifs is 1. The third-order valence-electron chi connectivity index (χ3n) is 2.60. The van der Waals surface area contributed by atoms with Crippen LogP contribution in [0.3, 0.4) is 0 Å². The molecule has 1 aliphatic rings. The van der Waals surface area contributed by atoms with E-state index < -0.39 is 0 Å². The van der Waals surface area contributed by atoms with Crippen molar-refractivity contribution in [3.63, 3.8) is 0 Å². The van der Waals surface area contributed by atoms with Crippen LogP contribution < -0.4 is 0 Å². The van der Waals surface area contributed by atoms with Crippen LogP contribution in [0.5, 0.6) is 0 Å². The van der Waals surface area contributed by atoms with E-state index in [0.717, 1.165) is 31.2 Å². The van der Waals surface area contributed by atoms with Gasteiger partial charge >= 0.3 is 0 Å². The number of benzene rings is 1. The SMILES string of the molecule is OC1CCCC#CCc2ccccc21. The van der Waals surface area contributed by atoms with Crippen LogP contribution in [-0.4, -0.2) is 5.11 Å². The smallest absolute Gasteiger partial charge is 0.0793 e. The fraction of sp³-hybridized carbons (Fsp3) is 0.385. The van der Waals surface area contributed by atoms with E-state index in [2.05, 4.69) is 17.9 Å². The van der Waals surface area contributed by atoms with Crippen molar-refractivity contribution in [3.8, 4) is 11.8 Å². The summed E-state index contributed by atoms with van der Waals surface area (Å²) in [6.07, 6.45) is 3.18. The Balaban J connectivity index is 2.35. The Labute approximate surface area is 84.8 Å². The summed E-state index contributed by atoms with van der Waals surface area (Å²) in [7, 11) is 0. The van der Waals surface area contributed by atoms with Crippen LogP contribution in [-0.2, 0) is 6.42 Å². The van der Waals surface area contributed by atoms with Crippen LogP contribution in [0.4, 0.5) is 0 Å². The predicted octanol–water partition coefficient (Wildman–Crippen LogP) is 2.45. The summed E-state index contributed by atoms with van der Waals surface area (Å²) in [5.74, 6) is 6.27. The zero-order chi connectivity index (χ0) is 9.80. The normalized spacial score (nSPS) is 20.8. The standard InChI is InChI=1S/C13H14O/c14-13-10-4-2-1-3-7-11-8-5-6-9-12(11)13/h5-6,8-9,13-14H,2,4,7,10H2. The predicted molar refractivity (Wildman–Crippen MR) is 56.7 cm³/mol. The molecule has 2 rings (SSSR count). The number of rotatable bonds is 0. The van der Waals surface area contributed by atoms with E-state index in [1.807, 2.05) is 18.2 Å². The summed E-state index contributed by atoms with van der Waals surface area (Å²) < 4.78 is 0. The maximum atomic E-state index is 9.94. The molecule has 1 unspecified atom stereocenters. The Morgan fingerprint density at radius 2 is 2.07 bits per heavy atom. The lowest BCUT2D eigenvalue weighted by atomic mass is 9.98. The first-order chi connectivity index (χ1) is 6.88. The van der Waals surface area contributed by atoms with Gasteiger partial charge in [-0.05, 0) is 24.0 Å². The van der Waals surface area contributed by atoms with E-state index in [0.29, 0.717) is 0 Å². The zero-order valence-electron chi connectivity index (χ0n) is 8.16. The molecule has 1 atom stereocenters. The van der Waals surface area contributed by atoms with E-state index in [9.17, 15) is 5.11 Å². The highest BCUT2D eigenvalue weighted by molar-refractivity contribution is 5.32. The summed E-state index contributed by atoms with van der Waals surface area (Å²) in [5.41, 5.74) is 2.23. The van der Waals surface area contributed by atoms with Crippen LogP contribution in [0.2, 0.25) is 0 Å². The van der Waals surface area contributed by atoms with Gasteiger partial charge in [-0.2, -0.15) is 0 Å². The van der Waals surface area contributed by atoms with Crippen LogP contribution in [0, 0.1) is 11.8 Å².